The minimum Gasteiger partial charge on any atom is -0.438 e. The Bertz CT molecular complexity index is 975. The zero-order valence-corrected chi connectivity index (χ0v) is 14.4. The van der Waals surface area contributed by atoms with Gasteiger partial charge in [-0.15, -0.1) is 5.06 Å². The first-order valence-electron chi connectivity index (χ1n) is 8.75. The van der Waals surface area contributed by atoms with Gasteiger partial charge in [-0.3, -0.25) is 9.59 Å². The molecule has 0 radical (unpaired) electrons. The number of carbonyl (C=O) groups excluding carboxylic acids is 3. The van der Waals surface area contributed by atoms with Crippen LogP contribution in [0.15, 0.2) is 60.8 Å². The first-order valence-corrected chi connectivity index (χ1v) is 8.75. The van der Waals surface area contributed by atoms with Crippen LogP contribution < -0.4 is 4.74 Å². The summed E-state index contributed by atoms with van der Waals surface area (Å²) in [5.41, 5.74) is 0.00126. The number of para-hydroxylation sites is 1. The van der Waals surface area contributed by atoms with Gasteiger partial charge in [-0.25, -0.2) is 9.78 Å². The molecule has 8 heteroatoms. The first-order chi connectivity index (χ1) is 13.6. The molecule has 0 N–H and O–H groups in total. The van der Waals surface area contributed by atoms with Crippen LogP contribution in [-0.2, 0) is 19.2 Å². The second kappa shape index (κ2) is 6.28. The highest BCUT2D eigenvalue weighted by Gasteiger charge is 2.62. The van der Waals surface area contributed by atoms with E-state index in [1.165, 1.54) is 18.3 Å². The van der Waals surface area contributed by atoms with Crippen LogP contribution in [0.4, 0.5) is 0 Å². The number of hydrogen-bond donors (Lipinski definition) is 0. The summed E-state index contributed by atoms with van der Waals surface area (Å²) in [7, 11) is 0. The van der Waals surface area contributed by atoms with Crippen LogP contribution >= 0.6 is 0 Å². The van der Waals surface area contributed by atoms with Crippen molar-refractivity contribution in [3.05, 3.63) is 66.4 Å². The number of aromatic nitrogens is 1. The lowest BCUT2D eigenvalue weighted by atomic mass is 9.85. The van der Waals surface area contributed by atoms with Gasteiger partial charge in [-0.1, -0.05) is 30.4 Å². The summed E-state index contributed by atoms with van der Waals surface area (Å²) >= 11 is 0. The highest BCUT2D eigenvalue weighted by Crippen LogP contribution is 2.45. The summed E-state index contributed by atoms with van der Waals surface area (Å²) in [4.78, 5) is 47.1. The topological polar surface area (TPSA) is 95.0 Å². The maximum atomic E-state index is 12.7. The van der Waals surface area contributed by atoms with Gasteiger partial charge >= 0.3 is 5.97 Å². The average Bonchev–Trinajstić information content (AvgIpc) is 3.39. The van der Waals surface area contributed by atoms with E-state index in [0.717, 1.165) is 0 Å². The highest BCUT2D eigenvalue weighted by molar-refractivity contribution is 6.07. The molecule has 4 heterocycles. The van der Waals surface area contributed by atoms with Crippen LogP contribution in [0.1, 0.15) is 10.4 Å². The zero-order valence-electron chi connectivity index (χ0n) is 14.4. The van der Waals surface area contributed by atoms with Gasteiger partial charge in [0.2, 0.25) is 5.88 Å². The van der Waals surface area contributed by atoms with Crippen molar-refractivity contribution in [3.63, 3.8) is 0 Å². The summed E-state index contributed by atoms with van der Waals surface area (Å²) in [5, 5.41) is 0.548. The Morgan fingerprint density at radius 2 is 1.64 bits per heavy atom. The van der Waals surface area contributed by atoms with Crippen molar-refractivity contribution in [2.75, 3.05) is 0 Å². The third kappa shape index (κ3) is 2.49. The summed E-state index contributed by atoms with van der Waals surface area (Å²) in [5.74, 6) is -2.85. The number of rotatable bonds is 4. The van der Waals surface area contributed by atoms with Crippen LogP contribution in [-0.4, -0.2) is 40.0 Å². The standard InChI is InChI=1S/C20H14N2O6/c23-18-15-13-8-9-14(27-13)16(15)19(24)22(18)28-20(25)12-7-4-10-21-17(12)26-11-5-2-1-3-6-11/h1-10,13-16H/t13-,14-,15-,16+/m1/s1. The van der Waals surface area contributed by atoms with Gasteiger partial charge in [-0.2, -0.15) is 0 Å². The molecule has 2 bridgehead atoms. The first kappa shape index (κ1) is 16.6. The Morgan fingerprint density at radius 3 is 2.32 bits per heavy atom. The van der Waals surface area contributed by atoms with E-state index in [-0.39, 0.29) is 11.4 Å². The Balaban J connectivity index is 1.37. The molecule has 0 unspecified atom stereocenters. The molecule has 0 aliphatic carbocycles. The molecule has 8 nitrogen and oxygen atoms in total. The molecule has 0 spiro atoms. The molecule has 2 amide bonds. The molecule has 1 aromatic carbocycles. The number of imide groups is 1. The largest absolute Gasteiger partial charge is 0.438 e. The Kier molecular flexibility index (Phi) is 3.73. The molecule has 2 saturated heterocycles. The van der Waals surface area contributed by atoms with E-state index in [9.17, 15) is 14.4 Å². The molecule has 140 valence electrons. The maximum absolute atomic E-state index is 12.7. The van der Waals surface area contributed by atoms with Gasteiger partial charge in [0.15, 0.2) is 0 Å². The van der Waals surface area contributed by atoms with E-state index >= 15 is 0 Å². The summed E-state index contributed by atoms with van der Waals surface area (Å²) in [6.45, 7) is 0. The SMILES string of the molecule is O=C(ON1C(=O)[C@@H]2[C@H](C1=O)[C@H]1C=C[C@H]2O1)c1cccnc1Oc1ccccc1. The number of hydrogen-bond acceptors (Lipinski definition) is 7. The third-order valence-corrected chi connectivity index (χ3v) is 4.99. The molecule has 3 aliphatic heterocycles. The normalized spacial score (nSPS) is 27.2. The van der Waals surface area contributed by atoms with Gasteiger partial charge in [0.05, 0.1) is 24.0 Å². The van der Waals surface area contributed by atoms with Crippen molar-refractivity contribution in [1.29, 1.82) is 0 Å². The van der Waals surface area contributed by atoms with Crippen molar-refractivity contribution < 1.29 is 28.7 Å². The van der Waals surface area contributed by atoms with E-state index in [1.54, 1.807) is 36.4 Å². The number of pyridine rings is 1. The van der Waals surface area contributed by atoms with Gasteiger partial charge in [0.1, 0.15) is 11.3 Å². The lowest BCUT2D eigenvalue weighted by Gasteiger charge is -2.17. The van der Waals surface area contributed by atoms with Gasteiger partial charge < -0.3 is 14.3 Å². The minimum atomic E-state index is -0.901. The average molecular weight is 378 g/mol. The zero-order chi connectivity index (χ0) is 19.3. The summed E-state index contributed by atoms with van der Waals surface area (Å²) in [6, 6.07) is 11.8. The van der Waals surface area contributed by atoms with Crippen molar-refractivity contribution in [1.82, 2.24) is 10.0 Å². The lowest BCUT2D eigenvalue weighted by molar-refractivity contribution is -0.177. The van der Waals surface area contributed by atoms with Crippen molar-refractivity contribution >= 4 is 17.8 Å². The van der Waals surface area contributed by atoms with E-state index in [4.69, 9.17) is 14.3 Å². The van der Waals surface area contributed by atoms with Gasteiger partial charge in [0.25, 0.3) is 11.8 Å². The van der Waals surface area contributed by atoms with Crippen LogP contribution in [0.5, 0.6) is 11.6 Å². The molecular weight excluding hydrogens is 364 g/mol. The molecule has 4 atom stereocenters. The second-order valence-electron chi connectivity index (χ2n) is 6.62. The fraction of sp³-hybridized carbons (Fsp3) is 0.200. The maximum Gasteiger partial charge on any atom is 0.369 e. The smallest absolute Gasteiger partial charge is 0.369 e. The molecule has 5 rings (SSSR count). The quantitative estimate of drug-likeness (QED) is 0.592. The molecule has 28 heavy (non-hydrogen) atoms. The van der Waals surface area contributed by atoms with E-state index in [0.29, 0.717) is 10.8 Å². The fourth-order valence-electron chi connectivity index (χ4n) is 3.73. The number of nitrogens with zero attached hydrogens (tertiary/aromatic N) is 2. The van der Waals surface area contributed by atoms with Gasteiger partial charge in [0, 0.05) is 6.20 Å². The molecule has 2 aromatic rings. The van der Waals surface area contributed by atoms with Crippen molar-refractivity contribution in [3.8, 4) is 11.6 Å². The number of hydroxylamine groups is 2. The molecular formula is C20H14N2O6. The van der Waals surface area contributed by atoms with Gasteiger partial charge in [-0.05, 0) is 24.3 Å². The van der Waals surface area contributed by atoms with Crippen LogP contribution in [0.25, 0.3) is 0 Å². The minimum absolute atomic E-state index is 0.00126. The number of ether oxygens (including phenoxy) is 2. The van der Waals surface area contributed by atoms with Crippen molar-refractivity contribution in [2.45, 2.75) is 12.2 Å². The number of amides is 2. The fourth-order valence-corrected chi connectivity index (χ4v) is 3.73. The Morgan fingerprint density at radius 1 is 0.964 bits per heavy atom. The van der Waals surface area contributed by atoms with Crippen molar-refractivity contribution in [2.24, 2.45) is 11.8 Å². The van der Waals surface area contributed by atoms with E-state index in [1.807, 2.05) is 6.07 Å². The summed E-state index contributed by atoms with van der Waals surface area (Å²) < 4.78 is 11.2. The number of carbonyl (C=O) groups is 3. The molecule has 1 aromatic heterocycles. The monoisotopic (exact) mass is 378 g/mol. The number of benzene rings is 1. The molecule has 2 fully saturated rings. The van der Waals surface area contributed by atoms with Crippen LogP contribution in [0.3, 0.4) is 0 Å². The van der Waals surface area contributed by atoms with E-state index in [2.05, 4.69) is 4.98 Å². The predicted octanol–water partition coefficient (Wildman–Crippen LogP) is 1.88. The van der Waals surface area contributed by atoms with Crippen LogP contribution in [0, 0.1) is 11.8 Å². The lowest BCUT2D eigenvalue weighted by Crippen LogP contribution is -2.36. The molecule has 3 aliphatic rings. The Labute approximate surface area is 159 Å². The Hall–Kier alpha value is -3.52. The summed E-state index contributed by atoms with van der Waals surface area (Å²) in [6.07, 6.45) is 4.08. The predicted molar refractivity (Wildman–Crippen MR) is 92.8 cm³/mol. The second-order valence-corrected chi connectivity index (χ2v) is 6.62. The van der Waals surface area contributed by atoms with Crippen LogP contribution in [0.2, 0.25) is 0 Å². The molecule has 0 saturated carbocycles. The highest BCUT2D eigenvalue weighted by atomic mass is 16.7. The third-order valence-electron chi connectivity index (χ3n) is 4.99. The van der Waals surface area contributed by atoms with E-state index < -0.39 is 41.8 Å². The number of fused-ring (bicyclic) bond motifs is 5.